The summed E-state index contributed by atoms with van der Waals surface area (Å²) in [6.45, 7) is 16.5. The number of ether oxygens (including phenoxy) is 3. The van der Waals surface area contributed by atoms with Gasteiger partial charge in [-0.3, -0.25) is 33.9 Å². The van der Waals surface area contributed by atoms with Crippen LogP contribution in [0.3, 0.4) is 0 Å². The van der Waals surface area contributed by atoms with Crippen molar-refractivity contribution in [2.45, 2.75) is 103 Å². The number of carbonyl (C=O) groups excluding carboxylic acids is 4. The van der Waals surface area contributed by atoms with Crippen LogP contribution in [0, 0.1) is 23.7 Å². The quantitative estimate of drug-likeness (QED) is 0.116. The Labute approximate surface area is 449 Å². The van der Waals surface area contributed by atoms with Crippen LogP contribution in [0.15, 0.2) is 72.2 Å². The summed E-state index contributed by atoms with van der Waals surface area (Å²) in [6, 6.07) is 17.1. The molecule has 4 aliphatic heterocycles. The topological polar surface area (TPSA) is 193 Å². The number of aliphatic hydroxyl groups excluding tert-OH is 1. The fourth-order valence-electron chi connectivity index (χ4n) is 10.1. The van der Waals surface area contributed by atoms with Gasteiger partial charge in [0.2, 0.25) is 17.7 Å². The van der Waals surface area contributed by atoms with E-state index in [9.17, 15) is 42.7 Å². The maximum absolute atomic E-state index is 14.3. The maximum Gasteiger partial charge on any atom is 0.417 e. The normalized spacial score (nSPS) is 22.3. The Morgan fingerprint density at radius 3 is 2.26 bits per heavy atom. The molecule has 0 spiro atoms. The van der Waals surface area contributed by atoms with E-state index in [0.717, 1.165) is 38.7 Å². The zero-order chi connectivity index (χ0) is 54.9. The Bertz CT molecular complexity index is 2840. The van der Waals surface area contributed by atoms with Gasteiger partial charge >= 0.3 is 6.18 Å². The molecule has 8 rings (SSSR count). The van der Waals surface area contributed by atoms with Crippen LogP contribution in [-0.4, -0.2) is 155 Å². The van der Waals surface area contributed by atoms with Gasteiger partial charge in [0.1, 0.15) is 36.1 Å². The highest BCUT2D eigenvalue weighted by atomic mass is 32.1. The maximum atomic E-state index is 14.3. The number of aryl methyl sites for hydroxylation is 1. The molecule has 3 N–H and O–H groups in total. The molecule has 17 nitrogen and oxygen atoms in total. The molecule has 0 bridgehead atoms. The minimum Gasteiger partial charge on any atom is -0.491 e. The van der Waals surface area contributed by atoms with Crippen LogP contribution in [0.1, 0.15) is 76.4 Å². The summed E-state index contributed by atoms with van der Waals surface area (Å²) in [5.74, 6) is -1.17. The first kappa shape index (κ1) is 56.2. The summed E-state index contributed by atoms with van der Waals surface area (Å²) in [6.07, 6.45) is -6.14. The van der Waals surface area contributed by atoms with Crippen LogP contribution in [0.4, 0.5) is 24.5 Å². The number of alkyl halides is 3. The second kappa shape index (κ2) is 22.9. The lowest BCUT2D eigenvalue weighted by Gasteiger charge is -2.39. The summed E-state index contributed by atoms with van der Waals surface area (Å²) in [4.78, 5) is 69.3. The van der Waals surface area contributed by atoms with E-state index in [0.29, 0.717) is 57.4 Å². The highest BCUT2D eigenvalue weighted by Gasteiger charge is 2.51. The Kier molecular flexibility index (Phi) is 16.9. The van der Waals surface area contributed by atoms with E-state index in [4.69, 9.17) is 26.4 Å². The van der Waals surface area contributed by atoms with E-state index in [1.807, 2.05) is 69.3 Å². The van der Waals surface area contributed by atoms with Gasteiger partial charge in [-0.25, -0.2) is 4.98 Å². The first-order valence-corrected chi connectivity index (χ1v) is 26.5. The van der Waals surface area contributed by atoms with Gasteiger partial charge in [-0.15, -0.1) is 11.3 Å². The third kappa shape index (κ3) is 12.5. The molecule has 4 aromatic rings. The number of rotatable bonds is 15. The Morgan fingerprint density at radius 2 is 1.62 bits per heavy atom. The van der Waals surface area contributed by atoms with E-state index in [-0.39, 0.29) is 67.0 Å². The number of hydrogen-bond donors (Lipinski definition) is 3. The van der Waals surface area contributed by atoms with Crippen molar-refractivity contribution in [3.8, 4) is 22.3 Å². The molecule has 4 amide bonds. The van der Waals surface area contributed by atoms with Crippen molar-refractivity contribution in [1.29, 1.82) is 5.26 Å². The van der Waals surface area contributed by atoms with Gasteiger partial charge in [0.25, 0.3) is 5.91 Å². The molecule has 0 aliphatic carbocycles. The molecule has 4 saturated heterocycles. The summed E-state index contributed by atoms with van der Waals surface area (Å²) in [7, 11) is 0. The Balaban J connectivity index is 0.810. The summed E-state index contributed by atoms with van der Waals surface area (Å²) in [5.41, 5.74) is 1.40. The molecular formula is C54H64F3N9O8S2. The molecule has 6 atom stereocenters. The average Bonchev–Trinajstić information content (AvgIpc) is 4.07. The lowest BCUT2D eigenvalue weighted by atomic mass is 9.85. The van der Waals surface area contributed by atoms with E-state index < -0.39 is 58.3 Å². The molecule has 76 heavy (non-hydrogen) atoms. The van der Waals surface area contributed by atoms with Crippen molar-refractivity contribution < 1.29 is 51.7 Å². The number of nitrogens with one attached hydrogen (secondary N) is 2. The van der Waals surface area contributed by atoms with Crippen molar-refractivity contribution >= 4 is 63.7 Å². The van der Waals surface area contributed by atoms with Crippen molar-refractivity contribution in [3.63, 3.8) is 0 Å². The first-order chi connectivity index (χ1) is 35.9. The largest absolute Gasteiger partial charge is 0.491 e. The van der Waals surface area contributed by atoms with Crippen molar-refractivity contribution in [3.05, 3.63) is 94.6 Å². The van der Waals surface area contributed by atoms with E-state index >= 15 is 0 Å². The van der Waals surface area contributed by atoms with Gasteiger partial charge in [-0.1, -0.05) is 45.0 Å². The molecular weight excluding hydrogens is 1020 g/mol. The third-order valence-electron chi connectivity index (χ3n) is 14.2. The van der Waals surface area contributed by atoms with Gasteiger partial charge < -0.3 is 39.8 Å². The van der Waals surface area contributed by atoms with Crippen molar-refractivity contribution in [2.24, 2.45) is 5.41 Å². The van der Waals surface area contributed by atoms with Crippen LogP contribution >= 0.6 is 23.6 Å². The zero-order valence-corrected chi connectivity index (χ0v) is 45.2. The lowest BCUT2D eigenvalue weighted by molar-refractivity contribution is -0.144. The first-order valence-electron chi connectivity index (χ1n) is 25.2. The van der Waals surface area contributed by atoms with E-state index in [1.54, 1.807) is 60.4 Å². The predicted octanol–water partition coefficient (Wildman–Crippen LogP) is 6.08. The number of thiocarbonyl (C=S) groups is 1. The fourth-order valence-corrected chi connectivity index (χ4v) is 11.5. The number of anilines is 2. The number of carbonyl (C=O) groups is 4. The van der Waals surface area contributed by atoms with Crippen LogP contribution in [0.25, 0.3) is 10.4 Å². The van der Waals surface area contributed by atoms with Crippen molar-refractivity contribution in [2.75, 3.05) is 75.4 Å². The molecule has 4 aliphatic rings. The molecule has 3 aromatic carbocycles. The molecule has 5 heterocycles. The Morgan fingerprint density at radius 1 is 0.961 bits per heavy atom. The number of nitrogens with zero attached hydrogens (tertiary/aromatic N) is 7. The number of likely N-dealkylation sites (tertiary alicyclic amines) is 1. The van der Waals surface area contributed by atoms with Gasteiger partial charge in [-0.05, 0) is 98.9 Å². The fraction of sp³-hybridized carbons (Fsp3) is 0.500. The minimum absolute atomic E-state index is 0.0176. The molecule has 406 valence electrons. The van der Waals surface area contributed by atoms with E-state index in [2.05, 4.69) is 20.5 Å². The molecule has 4 fully saturated rings. The average molecular weight is 1090 g/mol. The molecule has 1 aromatic heterocycles. The summed E-state index contributed by atoms with van der Waals surface area (Å²) >= 11 is 7.25. The number of morpholine rings is 2. The van der Waals surface area contributed by atoms with Gasteiger partial charge in [-0.2, -0.15) is 18.4 Å². The third-order valence-corrected chi connectivity index (χ3v) is 15.6. The van der Waals surface area contributed by atoms with Crippen LogP contribution in [-0.2, 0) is 34.8 Å². The SMILES string of the molecule is Cc1ncsc1-c1ccc([C@H](C)NC(=O)[C@@H]2C[C@@H](O)CN2C(=O)[C@@H](NC(=O)CN2CCO[C@H](CN3CCO[C@H](COc4ccc(N5C(=S)N(c6ccc(C#N)c(C(F)(F)F)c6)C(=O)C5(C)C)cc4)C3)C2)C(C)(C)C)cc1. The number of amides is 4. The van der Waals surface area contributed by atoms with Crippen molar-refractivity contribution in [1.82, 2.24) is 30.3 Å². The highest BCUT2D eigenvalue weighted by molar-refractivity contribution is 7.81. The molecule has 22 heteroatoms. The van der Waals surface area contributed by atoms with Gasteiger partial charge in [0.15, 0.2) is 5.11 Å². The second-order valence-corrected chi connectivity index (χ2v) is 22.5. The zero-order valence-electron chi connectivity index (χ0n) is 43.6. The number of benzene rings is 3. The lowest BCUT2D eigenvalue weighted by Crippen LogP contribution is -2.59. The van der Waals surface area contributed by atoms with E-state index in [1.165, 1.54) is 11.0 Å². The summed E-state index contributed by atoms with van der Waals surface area (Å²) < 4.78 is 59.8. The second-order valence-electron chi connectivity index (χ2n) is 21.3. The smallest absolute Gasteiger partial charge is 0.417 e. The highest BCUT2D eigenvalue weighted by Crippen LogP contribution is 2.40. The monoisotopic (exact) mass is 1090 g/mol. The Hall–Kier alpha value is -6.06. The van der Waals surface area contributed by atoms with Crippen LogP contribution < -0.4 is 25.2 Å². The predicted molar refractivity (Wildman–Crippen MR) is 283 cm³/mol. The van der Waals surface area contributed by atoms with Crippen LogP contribution in [0.5, 0.6) is 5.75 Å². The number of aromatic nitrogens is 1. The van der Waals surface area contributed by atoms with Crippen LogP contribution in [0.2, 0.25) is 0 Å². The van der Waals surface area contributed by atoms with Gasteiger partial charge in [0.05, 0.1) is 77.0 Å². The molecule has 0 saturated carbocycles. The molecule has 0 radical (unpaired) electrons. The van der Waals surface area contributed by atoms with Gasteiger partial charge in [0, 0.05) is 51.4 Å². The molecule has 0 unspecified atom stereocenters. The number of hydrogen-bond acceptors (Lipinski definition) is 14. The number of nitriles is 1. The number of β-amino-alcohol motifs (C(OH)–C–C–N with tert-alkyl or cyclic N) is 1. The summed E-state index contributed by atoms with van der Waals surface area (Å²) in [5, 5.41) is 26.0. The standard InChI is InChI=1S/C54H64F3N9O8S2/c1-32(34-8-10-35(11-9-34)46-33(2)59-31-76-46)60-48(69)44-23-39(67)25-64(44)49(70)47(52(3,4)5)61-45(68)29-63-19-20-72-41(27-63)26-62-18-21-73-42(28-62)30-74-40-16-14-37(15-17-40)66-51(75)65(50(71)53(66,6)7)38-13-12-36(24-58)43(22-38)54(55,56)57/h8-17,22,31-32,39,41-42,44,47,67H,18-21,23,25-30H2,1-7H3,(H,60,69)(H,61,68)/t32-,39+,41+,42-,44-,47+/m0/s1. The minimum atomic E-state index is -4.82. The number of aliphatic hydroxyl groups is 1. The number of halogens is 3. The number of thiazole rings is 1.